The van der Waals surface area contributed by atoms with Crippen LogP contribution >= 0.6 is 11.3 Å². The minimum Gasteiger partial charge on any atom is -0.356 e. The lowest BCUT2D eigenvalue weighted by molar-refractivity contribution is -0.129. The van der Waals surface area contributed by atoms with E-state index in [1.807, 2.05) is 16.2 Å². The molecule has 3 aromatic rings. The summed E-state index contributed by atoms with van der Waals surface area (Å²) >= 11 is 1.97. The third kappa shape index (κ3) is 4.08. The lowest BCUT2D eigenvalue weighted by Gasteiger charge is -2.31. The summed E-state index contributed by atoms with van der Waals surface area (Å²) < 4.78 is 19.1. The maximum absolute atomic E-state index is 13.7. The second-order valence-electron chi connectivity index (χ2n) is 9.02. The van der Waals surface area contributed by atoms with Gasteiger partial charge in [-0.3, -0.25) is 4.79 Å². The zero-order valence-electron chi connectivity index (χ0n) is 18.8. The first-order valence-corrected chi connectivity index (χ1v) is 12.5. The highest BCUT2D eigenvalue weighted by Crippen LogP contribution is 2.35. The highest BCUT2D eigenvalue weighted by Gasteiger charge is 2.27. The monoisotopic (exact) mass is 455 g/mol. The molecule has 2 aromatic heterocycles. The first-order valence-electron chi connectivity index (χ1n) is 11.7. The highest BCUT2D eigenvalue weighted by atomic mass is 32.1. The Labute approximate surface area is 192 Å². The van der Waals surface area contributed by atoms with E-state index in [0.717, 1.165) is 75.9 Å². The van der Waals surface area contributed by atoms with Crippen molar-refractivity contribution in [2.75, 3.05) is 26.2 Å². The quantitative estimate of drug-likeness (QED) is 0.548. The fraction of sp³-hybridized carbons (Fsp3) is 0.520. The van der Waals surface area contributed by atoms with Gasteiger partial charge in [0.25, 0.3) is 0 Å². The fourth-order valence-corrected chi connectivity index (χ4v) is 6.68. The van der Waals surface area contributed by atoms with Gasteiger partial charge in [-0.05, 0) is 74.5 Å². The third-order valence-corrected chi connectivity index (χ3v) is 8.52. The molecule has 4 heterocycles. The average Bonchev–Trinajstić information content (AvgIpc) is 3.37. The number of fused-ring (bicyclic) bond motifs is 2. The number of amides is 1. The van der Waals surface area contributed by atoms with Crippen molar-refractivity contribution in [3.63, 3.8) is 0 Å². The number of aromatic nitrogens is 1. The Balaban J connectivity index is 1.21. The minimum atomic E-state index is -0.240. The molecule has 0 atom stereocenters. The molecule has 0 aliphatic carbocycles. The number of thiophene rings is 1. The molecule has 0 spiro atoms. The van der Waals surface area contributed by atoms with Crippen molar-refractivity contribution in [2.45, 2.75) is 58.4 Å². The van der Waals surface area contributed by atoms with Crippen molar-refractivity contribution in [3.05, 3.63) is 50.6 Å². The Bertz CT molecular complexity index is 1130. The Morgan fingerprint density at radius 3 is 2.84 bits per heavy atom. The lowest BCUT2D eigenvalue weighted by Crippen LogP contribution is -2.34. The number of hydrogen-bond donors (Lipinski definition) is 0. The van der Waals surface area contributed by atoms with E-state index in [1.54, 1.807) is 19.1 Å². The van der Waals surface area contributed by atoms with E-state index < -0.39 is 0 Å². The molecule has 0 radical (unpaired) electrons. The van der Waals surface area contributed by atoms with E-state index in [-0.39, 0.29) is 11.7 Å². The molecular formula is C25H30FN3O2S. The SMILES string of the molecule is CCc1c(CCN2CCC(c3noc4ccc(F)cc34)CC2)sc2c1CN(C(C)=O)CC2. The Morgan fingerprint density at radius 1 is 1.28 bits per heavy atom. The van der Waals surface area contributed by atoms with E-state index in [0.29, 0.717) is 11.5 Å². The smallest absolute Gasteiger partial charge is 0.219 e. The number of hydrogen-bond acceptors (Lipinski definition) is 5. The van der Waals surface area contributed by atoms with Gasteiger partial charge in [-0.1, -0.05) is 12.1 Å². The van der Waals surface area contributed by atoms with E-state index >= 15 is 0 Å². The summed E-state index contributed by atoms with van der Waals surface area (Å²) in [6.45, 7) is 8.64. The van der Waals surface area contributed by atoms with Crippen LogP contribution in [0.2, 0.25) is 0 Å². The average molecular weight is 456 g/mol. The second-order valence-corrected chi connectivity index (χ2v) is 10.2. The van der Waals surface area contributed by atoms with E-state index in [4.69, 9.17) is 4.52 Å². The largest absolute Gasteiger partial charge is 0.356 e. The summed E-state index contributed by atoms with van der Waals surface area (Å²) in [4.78, 5) is 19.3. The van der Waals surface area contributed by atoms with Crippen molar-refractivity contribution >= 4 is 28.2 Å². The fourth-order valence-electron chi connectivity index (χ4n) is 5.30. The molecule has 1 aromatic carbocycles. The minimum absolute atomic E-state index is 0.177. The van der Waals surface area contributed by atoms with Gasteiger partial charge in [-0.25, -0.2) is 4.39 Å². The molecule has 2 aliphatic heterocycles. The molecule has 1 amide bonds. The molecule has 0 bridgehead atoms. The first-order chi connectivity index (χ1) is 15.5. The van der Waals surface area contributed by atoms with Gasteiger partial charge in [0.1, 0.15) is 5.82 Å². The summed E-state index contributed by atoms with van der Waals surface area (Å²) in [6.07, 6.45) is 5.14. The van der Waals surface area contributed by atoms with Gasteiger partial charge in [0.2, 0.25) is 5.91 Å². The summed E-state index contributed by atoms with van der Waals surface area (Å²) in [6, 6.07) is 4.63. The Kier molecular flexibility index (Phi) is 6.03. The van der Waals surface area contributed by atoms with Crippen LogP contribution in [0.5, 0.6) is 0 Å². The van der Waals surface area contributed by atoms with Gasteiger partial charge in [0.05, 0.1) is 5.69 Å². The van der Waals surface area contributed by atoms with Crippen molar-refractivity contribution in [1.29, 1.82) is 0 Å². The molecule has 32 heavy (non-hydrogen) atoms. The maximum atomic E-state index is 13.7. The zero-order valence-corrected chi connectivity index (χ0v) is 19.6. The number of carbonyl (C=O) groups excluding carboxylic acids is 1. The van der Waals surface area contributed by atoms with Crippen LogP contribution < -0.4 is 0 Å². The second kappa shape index (κ2) is 8.94. The first kappa shape index (κ1) is 21.6. The van der Waals surface area contributed by atoms with Crippen LogP contribution in [0, 0.1) is 5.82 Å². The summed E-state index contributed by atoms with van der Waals surface area (Å²) in [7, 11) is 0. The van der Waals surface area contributed by atoms with Gasteiger partial charge >= 0.3 is 0 Å². The van der Waals surface area contributed by atoms with Crippen LogP contribution in [0.1, 0.15) is 59.2 Å². The lowest BCUT2D eigenvalue weighted by atomic mass is 9.91. The van der Waals surface area contributed by atoms with E-state index in [1.165, 1.54) is 26.9 Å². The predicted molar refractivity (Wildman–Crippen MR) is 125 cm³/mol. The van der Waals surface area contributed by atoms with Gasteiger partial charge in [0, 0.05) is 47.6 Å². The molecule has 170 valence electrons. The van der Waals surface area contributed by atoms with Gasteiger partial charge in [-0.15, -0.1) is 11.3 Å². The molecule has 0 unspecified atom stereocenters. The van der Waals surface area contributed by atoms with Crippen LogP contribution in [0.4, 0.5) is 4.39 Å². The third-order valence-electron chi connectivity index (χ3n) is 7.13. The van der Waals surface area contributed by atoms with Crippen molar-refractivity contribution in [2.24, 2.45) is 0 Å². The molecule has 7 heteroatoms. The number of carbonyl (C=O) groups is 1. The van der Waals surface area contributed by atoms with E-state index in [9.17, 15) is 9.18 Å². The summed E-state index contributed by atoms with van der Waals surface area (Å²) in [5, 5.41) is 5.09. The highest BCUT2D eigenvalue weighted by molar-refractivity contribution is 7.12. The number of halogens is 1. The topological polar surface area (TPSA) is 49.6 Å². The number of benzene rings is 1. The molecule has 2 aliphatic rings. The van der Waals surface area contributed by atoms with Crippen LogP contribution in [-0.2, 0) is 30.6 Å². The van der Waals surface area contributed by atoms with Gasteiger partial charge < -0.3 is 14.3 Å². The molecule has 0 saturated carbocycles. The molecule has 1 saturated heterocycles. The summed E-state index contributed by atoms with van der Waals surface area (Å²) in [5.74, 6) is 0.263. The number of piperidine rings is 1. The number of likely N-dealkylation sites (tertiary alicyclic amines) is 1. The van der Waals surface area contributed by atoms with Gasteiger partial charge in [-0.2, -0.15) is 0 Å². The van der Waals surface area contributed by atoms with Crippen LogP contribution in [-0.4, -0.2) is 47.0 Å². The molecule has 1 fully saturated rings. The number of nitrogens with zero attached hydrogens (tertiary/aromatic N) is 3. The molecule has 5 rings (SSSR count). The van der Waals surface area contributed by atoms with Crippen molar-refractivity contribution in [3.8, 4) is 0 Å². The normalized spacial score (nSPS) is 17.8. The standard InChI is InChI=1S/C25H30FN3O2S/c1-3-19-21-15-29(16(2)30)13-9-24(21)32-23(19)8-12-28-10-6-17(7-11-28)25-20-14-18(26)4-5-22(20)31-27-25/h4-5,14,17H,3,6-13,15H2,1-2H3. The molecule has 5 nitrogen and oxygen atoms in total. The van der Waals surface area contributed by atoms with Crippen LogP contribution in [0.15, 0.2) is 22.7 Å². The zero-order chi connectivity index (χ0) is 22.2. The predicted octanol–water partition coefficient (Wildman–Crippen LogP) is 4.92. The van der Waals surface area contributed by atoms with Crippen molar-refractivity contribution in [1.82, 2.24) is 15.0 Å². The maximum Gasteiger partial charge on any atom is 0.219 e. The Morgan fingerprint density at radius 2 is 2.09 bits per heavy atom. The van der Waals surface area contributed by atoms with Gasteiger partial charge in [0.15, 0.2) is 5.58 Å². The molecule has 0 N–H and O–H groups in total. The van der Waals surface area contributed by atoms with Crippen LogP contribution in [0.25, 0.3) is 11.0 Å². The van der Waals surface area contributed by atoms with Crippen molar-refractivity contribution < 1.29 is 13.7 Å². The summed E-state index contributed by atoms with van der Waals surface area (Å²) in [5.41, 5.74) is 4.47. The molecular weight excluding hydrogens is 425 g/mol. The van der Waals surface area contributed by atoms with Crippen LogP contribution in [0.3, 0.4) is 0 Å². The van der Waals surface area contributed by atoms with E-state index in [2.05, 4.69) is 17.0 Å². The number of rotatable bonds is 5. The Hall–Kier alpha value is -2.25.